The molecule has 6 heteroatoms. The summed E-state index contributed by atoms with van der Waals surface area (Å²) in [6.45, 7) is 1.94. The molecule has 1 atom stereocenters. The van der Waals surface area contributed by atoms with Crippen molar-refractivity contribution in [2.24, 2.45) is 0 Å². The molecule has 0 aliphatic rings. The number of aromatic carboxylic acids is 1. The number of hydrogen-bond donors (Lipinski definition) is 2. The van der Waals surface area contributed by atoms with Crippen LogP contribution in [0.4, 0.5) is 6.01 Å². The number of carbonyl (C=O) groups is 1. The Hall–Kier alpha value is -1.82. The van der Waals surface area contributed by atoms with Crippen LogP contribution in [0.15, 0.2) is 39.4 Å². The molecule has 0 radical (unpaired) electrons. The first-order valence-electron chi connectivity index (χ1n) is 5.27. The van der Waals surface area contributed by atoms with Crippen molar-refractivity contribution in [3.8, 4) is 0 Å². The molecule has 0 bridgehead atoms. The van der Waals surface area contributed by atoms with Crippen LogP contribution in [-0.2, 0) is 0 Å². The first-order valence-corrected chi connectivity index (χ1v) is 6.06. The van der Waals surface area contributed by atoms with Gasteiger partial charge in [-0.25, -0.2) is 4.79 Å². The molecule has 0 aliphatic carbocycles. The lowest BCUT2D eigenvalue weighted by molar-refractivity contribution is 0.0690. The van der Waals surface area contributed by atoms with Gasteiger partial charge in [0.05, 0.1) is 6.04 Å². The minimum Gasteiger partial charge on any atom is -0.476 e. The normalized spacial score (nSPS) is 12.1. The van der Waals surface area contributed by atoms with Crippen LogP contribution in [0.3, 0.4) is 0 Å². The van der Waals surface area contributed by atoms with Crippen LogP contribution in [0.5, 0.6) is 0 Å². The van der Waals surface area contributed by atoms with E-state index in [2.05, 4.69) is 26.2 Å². The van der Waals surface area contributed by atoms with E-state index in [0.29, 0.717) is 0 Å². The molecule has 0 fully saturated rings. The molecule has 1 unspecified atom stereocenters. The molecule has 1 aromatic heterocycles. The summed E-state index contributed by atoms with van der Waals surface area (Å²) in [5.74, 6) is -1.11. The first-order chi connectivity index (χ1) is 8.56. The smallest absolute Gasteiger partial charge is 0.357 e. The van der Waals surface area contributed by atoms with E-state index in [1.165, 1.54) is 0 Å². The average Bonchev–Trinajstić information content (AvgIpc) is 2.78. The van der Waals surface area contributed by atoms with Crippen LogP contribution in [0.1, 0.15) is 29.0 Å². The van der Waals surface area contributed by atoms with Gasteiger partial charge in [0.1, 0.15) is 6.26 Å². The summed E-state index contributed by atoms with van der Waals surface area (Å²) in [4.78, 5) is 14.5. The lowest BCUT2D eigenvalue weighted by atomic mass is 10.1. The van der Waals surface area contributed by atoms with Crippen molar-refractivity contribution < 1.29 is 14.3 Å². The number of aromatic nitrogens is 1. The molecule has 2 N–H and O–H groups in total. The van der Waals surface area contributed by atoms with Gasteiger partial charge in [-0.2, -0.15) is 4.98 Å². The molecule has 0 amide bonds. The SMILES string of the molecule is CC(Nc1nc(C(=O)O)co1)c1ccc(Br)cc1. The van der Waals surface area contributed by atoms with Gasteiger partial charge < -0.3 is 14.8 Å². The highest BCUT2D eigenvalue weighted by Gasteiger charge is 2.12. The van der Waals surface area contributed by atoms with Gasteiger partial charge >= 0.3 is 5.97 Å². The van der Waals surface area contributed by atoms with Crippen LogP contribution in [0, 0.1) is 0 Å². The van der Waals surface area contributed by atoms with Crippen LogP contribution < -0.4 is 5.32 Å². The van der Waals surface area contributed by atoms with Crippen molar-refractivity contribution in [1.29, 1.82) is 0 Å². The molecule has 0 saturated carbocycles. The molecular weight excluding hydrogens is 300 g/mol. The minimum atomic E-state index is -1.11. The molecule has 0 saturated heterocycles. The van der Waals surface area contributed by atoms with E-state index in [4.69, 9.17) is 9.52 Å². The van der Waals surface area contributed by atoms with Gasteiger partial charge in [-0.3, -0.25) is 0 Å². The zero-order chi connectivity index (χ0) is 13.1. The lowest BCUT2D eigenvalue weighted by Gasteiger charge is -2.12. The fraction of sp³-hybridized carbons (Fsp3) is 0.167. The maximum Gasteiger partial charge on any atom is 0.357 e. The highest BCUT2D eigenvalue weighted by molar-refractivity contribution is 9.10. The van der Waals surface area contributed by atoms with Crippen molar-refractivity contribution >= 4 is 27.9 Å². The van der Waals surface area contributed by atoms with Crippen LogP contribution in [0.2, 0.25) is 0 Å². The Kier molecular flexibility index (Phi) is 3.66. The number of anilines is 1. The van der Waals surface area contributed by atoms with Crippen LogP contribution in [0.25, 0.3) is 0 Å². The average molecular weight is 311 g/mol. The van der Waals surface area contributed by atoms with E-state index in [0.717, 1.165) is 16.3 Å². The summed E-state index contributed by atoms with van der Waals surface area (Å²) in [6, 6.07) is 7.96. The number of nitrogens with zero attached hydrogens (tertiary/aromatic N) is 1. The zero-order valence-electron chi connectivity index (χ0n) is 9.55. The monoisotopic (exact) mass is 310 g/mol. The Morgan fingerprint density at radius 3 is 2.67 bits per heavy atom. The van der Waals surface area contributed by atoms with Gasteiger partial charge in [0.2, 0.25) is 0 Å². The predicted octanol–water partition coefficient (Wildman–Crippen LogP) is 3.31. The third-order valence-corrected chi connectivity index (χ3v) is 2.96. The fourth-order valence-electron chi connectivity index (χ4n) is 1.46. The van der Waals surface area contributed by atoms with E-state index >= 15 is 0 Å². The van der Waals surface area contributed by atoms with Gasteiger partial charge in [-0.1, -0.05) is 28.1 Å². The molecule has 2 rings (SSSR count). The standard InChI is InChI=1S/C12H11BrN2O3/c1-7(8-2-4-9(13)5-3-8)14-12-15-10(6-18-12)11(16)17/h2-7H,1H3,(H,14,15)(H,16,17). The van der Waals surface area contributed by atoms with E-state index in [1.807, 2.05) is 31.2 Å². The highest BCUT2D eigenvalue weighted by Crippen LogP contribution is 2.20. The second-order valence-electron chi connectivity index (χ2n) is 3.76. The maximum absolute atomic E-state index is 10.7. The number of oxazole rings is 1. The fourth-order valence-corrected chi connectivity index (χ4v) is 1.72. The predicted molar refractivity (Wildman–Crippen MR) is 69.6 cm³/mol. The van der Waals surface area contributed by atoms with Crippen molar-refractivity contribution in [2.45, 2.75) is 13.0 Å². The van der Waals surface area contributed by atoms with Crippen LogP contribution in [-0.4, -0.2) is 16.1 Å². The van der Waals surface area contributed by atoms with Gasteiger partial charge in [-0.05, 0) is 24.6 Å². The highest BCUT2D eigenvalue weighted by atomic mass is 79.9. The third kappa shape index (κ3) is 2.89. The van der Waals surface area contributed by atoms with E-state index in [9.17, 15) is 4.79 Å². The summed E-state index contributed by atoms with van der Waals surface area (Å²) in [6.07, 6.45) is 1.11. The summed E-state index contributed by atoms with van der Waals surface area (Å²) < 4.78 is 6.03. The van der Waals surface area contributed by atoms with Crippen molar-refractivity contribution in [2.75, 3.05) is 5.32 Å². The first kappa shape index (κ1) is 12.6. The lowest BCUT2D eigenvalue weighted by Crippen LogP contribution is -2.07. The molecule has 2 aromatic rings. The van der Waals surface area contributed by atoms with E-state index in [-0.39, 0.29) is 17.8 Å². The Labute approximate surface area is 112 Å². The molecule has 0 aliphatic heterocycles. The third-order valence-electron chi connectivity index (χ3n) is 2.43. The number of hydrogen-bond acceptors (Lipinski definition) is 4. The zero-order valence-corrected chi connectivity index (χ0v) is 11.1. The number of halogens is 1. The van der Waals surface area contributed by atoms with E-state index in [1.54, 1.807) is 0 Å². The van der Waals surface area contributed by atoms with Crippen molar-refractivity contribution in [3.05, 3.63) is 46.3 Å². The Bertz CT molecular complexity index is 551. The number of carboxylic acid groups (broad SMARTS) is 1. The Balaban J connectivity index is 2.08. The number of carboxylic acids is 1. The summed E-state index contributed by atoms with van der Waals surface area (Å²) in [5, 5.41) is 11.7. The van der Waals surface area contributed by atoms with Crippen molar-refractivity contribution in [1.82, 2.24) is 4.98 Å². The Morgan fingerprint density at radius 2 is 2.11 bits per heavy atom. The maximum atomic E-state index is 10.7. The van der Waals surface area contributed by atoms with Crippen LogP contribution >= 0.6 is 15.9 Å². The second kappa shape index (κ2) is 5.22. The molecule has 94 valence electrons. The number of benzene rings is 1. The second-order valence-corrected chi connectivity index (χ2v) is 4.68. The van der Waals surface area contributed by atoms with Gasteiger partial charge in [0.25, 0.3) is 6.01 Å². The summed E-state index contributed by atoms with van der Waals surface area (Å²) in [7, 11) is 0. The quantitative estimate of drug-likeness (QED) is 0.906. The van der Waals surface area contributed by atoms with Crippen molar-refractivity contribution in [3.63, 3.8) is 0 Å². The topological polar surface area (TPSA) is 75.4 Å². The number of rotatable bonds is 4. The summed E-state index contributed by atoms with van der Waals surface area (Å²) in [5.41, 5.74) is 0.939. The van der Waals surface area contributed by atoms with E-state index < -0.39 is 5.97 Å². The molecule has 1 heterocycles. The largest absolute Gasteiger partial charge is 0.476 e. The Morgan fingerprint density at radius 1 is 1.44 bits per heavy atom. The molecular formula is C12H11BrN2O3. The summed E-state index contributed by atoms with van der Waals surface area (Å²) >= 11 is 3.36. The minimum absolute atomic E-state index is 0.0293. The molecule has 0 spiro atoms. The van der Waals surface area contributed by atoms with Gasteiger partial charge in [0.15, 0.2) is 5.69 Å². The van der Waals surface area contributed by atoms with Gasteiger partial charge in [-0.15, -0.1) is 0 Å². The molecule has 5 nitrogen and oxygen atoms in total. The molecule has 18 heavy (non-hydrogen) atoms. The molecule has 1 aromatic carbocycles. The van der Waals surface area contributed by atoms with Gasteiger partial charge in [0, 0.05) is 4.47 Å². The number of nitrogens with one attached hydrogen (secondary N) is 1.